The molecule has 378 valence electrons. The Labute approximate surface area is 410 Å². The highest BCUT2D eigenvalue weighted by molar-refractivity contribution is 6.07. The number of hydrogen-bond donors (Lipinski definition) is 4. The van der Waals surface area contributed by atoms with Gasteiger partial charge in [0, 0.05) is 86.2 Å². The van der Waals surface area contributed by atoms with Gasteiger partial charge in [0.15, 0.2) is 0 Å². The molecule has 2 heterocycles. The number of ether oxygens (including phenoxy) is 4. The number of aliphatic imine (C=N–C) groups is 2. The van der Waals surface area contributed by atoms with Crippen LogP contribution in [0.15, 0.2) is 82.8 Å². The molecule has 5 rings (SSSR count). The summed E-state index contributed by atoms with van der Waals surface area (Å²) in [5, 5.41) is 11.0. The van der Waals surface area contributed by atoms with E-state index in [1.165, 1.54) is 0 Å². The number of amides is 6. The highest BCUT2D eigenvalue weighted by Crippen LogP contribution is 2.23. The van der Waals surface area contributed by atoms with Gasteiger partial charge in [-0.25, -0.2) is 19.2 Å². The number of hydrogen-bond acceptors (Lipinski definition) is 12. The molecule has 2 fully saturated rings. The normalized spacial score (nSPS) is 15.1. The highest BCUT2D eigenvalue weighted by Gasteiger charge is 2.28. The maximum atomic E-state index is 13.2. The van der Waals surface area contributed by atoms with E-state index in [1.807, 2.05) is 24.3 Å². The van der Waals surface area contributed by atoms with Crippen molar-refractivity contribution in [3.05, 3.63) is 83.9 Å². The molecule has 4 N–H and O–H groups in total. The molecule has 0 unspecified atom stereocenters. The van der Waals surface area contributed by atoms with Gasteiger partial charge in [0.25, 0.3) is 11.8 Å². The molecular weight excluding hydrogens is 901 g/mol. The zero-order valence-electron chi connectivity index (χ0n) is 42.4. The summed E-state index contributed by atoms with van der Waals surface area (Å²) in [4.78, 5) is 92.8. The molecule has 70 heavy (non-hydrogen) atoms. The second kappa shape index (κ2) is 22.4. The van der Waals surface area contributed by atoms with E-state index in [-0.39, 0.29) is 23.7 Å². The molecule has 0 spiro atoms. The third-order valence-corrected chi connectivity index (χ3v) is 9.96. The van der Waals surface area contributed by atoms with Gasteiger partial charge in [-0.05, 0) is 156 Å². The Kier molecular flexibility index (Phi) is 17.1. The van der Waals surface area contributed by atoms with E-state index in [9.17, 15) is 28.8 Å². The summed E-state index contributed by atoms with van der Waals surface area (Å²) in [7, 11) is 0. The van der Waals surface area contributed by atoms with Crippen molar-refractivity contribution >= 4 is 70.9 Å². The minimum Gasteiger partial charge on any atom is -0.444 e. The Bertz CT molecular complexity index is 2230. The minimum absolute atomic E-state index is 0.0454. The van der Waals surface area contributed by atoms with Crippen molar-refractivity contribution < 1.29 is 47.7 Å². The van der Waals surface area contributed by atoms with E-state index in [2.05, 4.69) is 41.1 Å². The van der Waals surface area contributed by atoms with Gasteiger partial charge in [0.2, 0.25) is 11.9 Å². The number of benzene rings is 3. The quantitative estimate of drug-likeness (QED) is 0.104. The van der Waals surface area contributed by atoms with Crippen molar-refractivity contribution in [1.29, 1.82) is 0 Å². The lowest BCUT2D eigenvalue weighted by Crippen LogP contribution is -2.54. The van der Waals surface area contributed by atoms with Crippen LogP contribution in [0.3, 0.4) is 0 Å². The maximum absolute atomic E-state index is 13.2. The lowest BCUT2D eigenvalue weighted by molar-refractivity contribution is 0.0535. The van der Waals surface area contributed by atoms with Crippen molar-refractivity contribution in [3.63, 3.8) is 0 Å². The highest BCUT2D eigenvalue weighted by atomic mass is 16.6. The number of alkyl carbamates (subject to hydrolysis) is 2. The Balaban J connectivity index is 1.10. The molecule has 3 aromatic carbocycles. The Morgan fingerprint density at radius 1 is 0.414 bits per heavy atom. The number of rotatable bonds is 6. The maximum Gasteiger partial charge on any atom is 0.437 e. The average Bonchev–Trinajstić information content (AvgIpc) is 3.24. The molecule has 0 aliphatic carbocycles. The first-order valence-electron chi connectivity index (χ1n) is 23.1. The van der Waals surface area contributed by atoms with Gasteiger partial charge in [-0.2, -0.15) is 0 Å². The monoisotopic (exact) mass is 969 g/mol. The van der Waals surface area contributed by atoms with Crippen LogP contribution >= 0.6 is 0 Å². The molecule has 0 radical (unpaired) electrons. The second-order valence-electron chi connectivity index (χ2n) is 20.6. The molecule has 0 atom stereocenters. The van der Waals surface area contributed by atoms with Crippen LogP contribution < -0.4 is 31.1 Å². The minimum atomic E-state index is -0.830. The molecule has 0 aromatic heterocycles. The van der Waals surface area contributed by atoms with Crippen LogP contribution in [0.1, 0.15) is 104 Å². The number of nitrogens with one attached hydrogen (secondary N) is 4. The van der Waals surface area contributed by atoms with Crippen LogP contribution in [0.5, 0.6) is 0 Å². The summed E-state index contributed by atoms with van der Waals surface area (Å²) in [6, 6.07) is 21.2. The fourth-order valence-corrected chi connectivity index (χ4v) is 6.93. The van der Waals surface area contributed by atoms with E-state index < -0.39 is 46.8 Å². The van der Waals surface area contributed by atoms with Crippen molar-refractivity contribution in [2.75, 3.05) is 72.8 Å². The van der Waals surface area contributed by atoms with E-state index in [0.717, 1.165) is 11.4 Å². The molecule has 3 aromatic rings. The van der Waals surface area contributed by atoms with Gasteiger partial charge >= 0.3 is 24.4 Å². The predicted molar refractivity (Wildman–Crippen MR) is 269 cm³/mol. The summed E-state index contributed by atoms with van der Waals surface area (Å²) in [6.07, 6.45) is -3.13. The zero-order chi connectivity index (χ0) is 51.6. The standard InChI is InChI=1S/C50H68N10O10/c1-47(2,3)67-43(63)53-41(54-44(64)68-48(4,5)6)59-29-25-57(26-30-59)37-21-17-35(18-22-37)51-39(61)33-13-15-34(16-14-33)40(62)52-36-19-23-38(24-20-36)58-27-31-60(32-28-58)42(55-45(65)69-49(7,8)9)56-46(66)70-50(10,11)12/h13-24H,25-32H2,1-12H3,(H,51,61)(H,52,62)(H,53,54,63,64)(H,55,56,65,66). The molecule has 0 saturated carbocycles. The molecular formula is C50H68N10O10. The van der Waals surface area contributed by atoms with Crippen LogP contribution in [-0.4, -0.2) is 133 Å². The topological polar surface area (TPSA) is 225 Å². The van der Waals surface area contributed by atoms with Crippen LogP contribution in [-0.2, 0) is 18.9 Å². The van der Waals surface area contributed by atoms with Crippen molar-refractivity contribution in [2.24, 2.45) is 9.98 Å². The number of guanidine groups is 2. The first-order valence-corrected chi connectivity index (χ1v) is 23.1. The number of carbonyl (C=O) groups excluding carboxylic acids is 6. The first-order chi connectivity index (χ1) is 32.6. The van der Waals surface area contributed by atoms with Crippen molar-refractivity contribution in [3.8, 4) is 0 Å². The summed E-state index contributed by atoms with van der Waals surface area (Å²) in [5.74, 6) is -0.595. The van der Waals surface area contributed by atoms with Gasteiger partial charge < -0.3 is 49.2 Å². The van der Waals surface area contributed by atoms with Crippen LogP contribution in [0.2, 0.25) is 0 Å². The molecule has 20 nitrogen and oxygen atoms in total. The lowest BCUT2D eigenvalue weighted by atomic mass is 10.1. The van der Waals surface area contributed by atoms with Crippen LogP contribution in [0, 0.1) is 0 Å². The third-order valence-electron chi connectivity index (χ3n) is 9.96. The SMILES string of the molecule is CC(C)(C)OC(=O)N=C(NC(=O)OC(C)(C)C)N1CCN(c2ccc(NC(=O)c3ccc(C(=O)Nc4ccc(N5CCN(C(=NC(=O)OC(C)(C)C)NC(=O)OC(C)(C)C)CC5)cc4)cc3)cc2)CC1. The molecule has 2 saturated heterocycles. The van der Waals surface area contributed by atoms with Crippen molar-refractivity contribution in [1.82, 2.24) is 20.4 Å². The Hall–Kier alpha value is -7.38. The zero-order valence-corrected chi connectivity index (χ0v) is 42.4. The molecule has 6 amide bonds. The van der Waals surface area contributed by atoms with Gasteiger partial charge in [-0.1, -0.05) is 0 Å². The molecule has 0 bridgehead atoms. The number of nitrogens with zero attached hydrogens (tertiary/aromatic N) is 6. The number of piperazine rings is 2. The number of carbonyl (C=O) groups is 6. The van der Waals surface area contributed by atoms with E-state index in [1.54, 1.807) is 141 Å². The Morgan fingerprint density at radius 2 is 0.700 bits per heavy atom. The van der Waals surface area contributed by atoms with Crippen LogP contribution in [0.4, 0.5) is 41.9 Å². The van der Waals surface area contributed by atoms with Gasteiger partial charge in [-0.3, -0.25) is 20.2 Å². The van der Waals surface area contributed by atoms with Gasteiger partial charge in [-0.15, -0.1) is 9.98 Å². The van der Waals surface area contributed by atoms with E-state index in [4.69, 9.17) is 18.9 Å². The molecule has 2 aliphatic rings. The summed E-state index contributed by atoms with van der Waals surface area (Å²) in [5.41, 5.74) is 0.700. The fraction of sp³-hybridized carbons (Fsp3) is 0.480. The average molecular weight is 969 g/mol. The summed E-state index contributed by atoms with van der Waals surface area (Å²) >= 11 is 0. The van der Waals surface area contributed by atoms with E-state index in [0.29, 0.717) is 74.9 Å². The van der Waals surface area contributed by atoms with Gasteiger partial charge in [0.05, 0.1) is 0 Å². The van der Waals surface area contributed by atoms with Crippen LogP contribution in [0.25, 0.3) is 0 Å². The summed E-state index contributed by atoms with van der Waals surface area (Å²) < 4.78 is 21.5. The lowest BCUT2D eigenvalue weighted by Gasteiger charge is -2.37. The fourth-order valence-electron chi connectivity index (χ4n) is 6.93. The largest absolute Gasteiger partial charge is 0.444 e. The van der Waals surface area contributed by atoms with E-state index >= 15 is 0 Å². The van der Waals surface area contributed by atoms with Gasteiger partial charge in [0.1, 0.15) is 22.4 Å². The predicted octanol–water partition coefficient (Wildman–Crippen LogP) is 8.07. The smallest absolute Gasteiger partial charge is 0.437 e. The van der Waals surface area contributed by atoms with Crippen molar-refractivity contribution in [2.45, 2.75) is 105 Å². The third kappa shape index (κ3) is 17.6. The molecule has 20 heteroatoms. The first kappa shape index (κ1) is 53.6. The second-order valence-corrected chi connectivity index (χ2v) is 20.6. The number of anilines is 4. The molecule has 2 aliphatic heterocycles. The Morgan fingerprint density at radius 3 is 0.971 bits per heavy atom. The summed E-state index contributed by atoms with van der Waals surface area (Å²) in [6.45, 7) is 24.8.